The molecule has 0 saturated carbocycles. The van der Waals surface area contributed by atoms with Crippen LogP contribution in [-0.4, -0.2) is 18.7 Å². The Labute approximate surface area is 79.0 Å². The molecule has 4 nitrogen and oxygen atoms in total. The minimum absolute atomic E-state index is 0.232. The third kappa shape index (κ3) is 1.69. The molecule has 6 heteroatoms. The van der Waals surface area contributed by atoms with Crippen molar-refractivity contribution in [2.75, 3.05) is 0 Å². The molecule has 12 heavy (non-hydrogen) atoms. The van der Waals surface area contributed by atoms with E-state index in [0.29, 0.717) is 4.67 Å². The first-order valence-electron chi connectivity index (χ1n) is 3.30. The molecule has 68 valence electrons. The minimum atomic E-state index is -3.36. The van der Waals surface area contributed by atoms with Crippen molar-refractivity contribution in [3.63, 3.8) is 0 Å². The van der Waals surface area contributed by atoms with E-state index in [1.807, 2.05) is 0 Å². The number of aromatic nitrogens is 1. The lowest BCUT2D eigenvalue weighted by molar-refractivity contribution is 0.411. The highest BCUT2D eigenvalue weighted by Gasteiger charge is 2.24. The van der Waals surface area contributed by atoms with E-state index < -0.39 is 15.1 Å². The van der Waals surface area contributed by atoms with Crippen LogP contribution in [-0.2, 0) is 9.84 Å². The minimum Gasteiger partial charge on any atom is -0.421 e. The Kier molecular flexibility index (Phi) is 2.58. The second-order valence-corrected chi connectivity index (χ2v) is 5.69. The number of rotatable bonds is 2. The lowest BCUT2D eigenvalue weighted by Crippen LogP contribution is -2.14. The van der Waals surface area contributed by atoms with Gasteiger partial charge in [-0.3, -0.25) is 0 Å². The molecular formula is C6H8BrNO3S. The van der Waals surface area contributed by atoms with Crippen molar-refractivity contribution in [1.82, 2.24) is 4.98 Å². The summed E-state index contributed by atoms with van der Waals surface area (Å²) in [5.74, 6) is 0. The molecular weight excluding hydrogens is 246 g/mol. The molecule has 1 aromatic heterocycles. The molecule has 0 fully saturated rings. The van der Waals surface area contributed by atoms with Gasteiger partial charge in [-0.2, -0.15) is 0 Å². The average Bonchev–Trinajstić information content (AvgIpc) is 2.35. The maximum absolute atomic E-state index is 11.4. The molecule has 0 unspecified atom stereocenters. The molecule has 0 amide bonds. The normalized spacial score (nSPS) is 12.3. The summed E-state index contributed by atoms with van der Waals surface area (Å²) < 4.78 is 27.9. The Morgan fingerprint density at radius 1 is 1.58 bits per heavy atom. The van der Waals surface area contributed by atoms with E-state index in [9.17, 15) is 8.42 Å². The molecule has 0 saturated heterocycles. The van der Waals surface area contributed by atoms with E-state index in [-0.39, 0.29) is 5.22 Å². The smallest absolute Gasteiger partial charge is 0.316 e. The van der Waals surface area contributed by atoms with E-state index in [1.165, 1.54) is 6.20 Å². The van der Waals surface area contributed by atoms with Crippen molar-refractivity contribution in [2.24, 2.45) is 0 Å². The zero-order valence-corrected chi connectivity index (χ0v) is 9.02. The topological polar surface area (TPSA) is 60.2 Å². The largest absolute Gasteiger partial charge is 0.421 e. The summed E-state index contributed by atoms with van der Waals surface area (Å²) >= 11 is 2.98. The van der Waals surface area contributed by atoms with Crippen LogP contribution in [0.15, 0.2) is 20.5 Å². The highest BCUT2D eigenvalue weighted by atomic mass is 79.9. The highest BCUT2D eigenvalue weighted by Crippen LogP contribution is 2.18. The third-order valence-corrected chi connectivity index (χ3v) is 3.60. The highest BCUT2D eigenvalue weighted by molar-refractivity contribution is 9.10. The molecule has 0 radical (unpaired) electrons. The van der Waals surface area contributed by atoms with Crippen LogP contribution in [0.4, 0.5) is 0 Å². The Morgan fingerprint density at radius 3 is 2.50 bits per heavy atom. The summed E-state index contributed by atoms with van der Waals surface area (Å²) in [5.41, 5.74) is 0. The predicted octanol–water partition coefficient (Wildman–Crippen LogP) is 1.62. The lowest BCUT2D eigenvalue weighted by Gasteiger charge is -2.00. The van der Waals surface area contributed by atoms with E-state index >= 15 is 0 Å². The summed E-state index contributed by atoms with van der Waals surface area (Å²) in [5, 5.41) is -0.743. The van der Waals surface area contributed by atoms with Gasteiger partial charge in [-0.1, -0.05) is 0 Å². The van der Waals surface area contributed by atoms with Crippen molar-refractivity contribution in [3.8, 4) is 0 Å². The molecule has 0 atom stereocenters. The second-order valence-electron chi connectivity index (χ2n) is 2.52. The van der Waals surface area contributed by atoms with Crippen LogP contribution in [0, 0.1) is 0 Å². The monoisotopic (exact) mass is 253 g/mol. The molecule has 0 N–H and O–H groups in total. The first kappa shape index (κ1) is 9.73. The quantitative estimate of drug-likeness (QED) is 0.804. The third-order valence-electron chi connectivity index (χ3n) is 1.32. The number of sulfone groups is 1. The Hall–Kier alpha value is -0.360. The molecule has 0 spiro atoms. The first-order chi connectivity index (χ1) is 5.44. The van der Waals surface area contributed by atoms with E-state index in [4.69, 9.17) is 4.42 Å². The van der Waals surface area contributed by atoms with Gasteiger partial charge in [0.1, 0.15) is 0 Å². The van der Waals surface area contributed by atoms with Crippen molar-refractivity contribution in [3.05, 3.63) is 10.9 Å². The van der Waals surface area contributed by atoms with Gasteiger partial charge >= 0.3 is 5.22 Å². The molecule has 1 rings (SSSR count). The van der Waals surface area contributed by atoms with E-state index in [0.717, 1.165) is 0 Å². The first-order valence-corrected chi connectivity index (χ1v) is 5.63. The summed E-state index contributed by atoms with van der Waals surface area (Å²) in [6.45, 7) is 3.15. The maximum Gasteiger partial charge on any atom is 0.316 e. The van der Waals surface area contributed by atoms with Crippen molar-refractivity contribution < 1.29 is 12.8 Å². The number of halogens is 1. The molecule has 0 aromatic carbocycles. The Morgan fingerprint density at radius 2 is 2.17 bits per heavy atom. The van der Waals surface area contributed by atoms with Crippen LogP contribution >= 0.6 is 15.9 Å². The van der Waals surface area contributed by atoms with Gasteiger partial charge in [-0.15, -0.1) is 0 Å². The fourth-order valence-electron chi connectivity index (χ4n) is 0.573. The maximum atomic E-state index is 11.4. The predicted molar refractivity (Wildman–Crippen MR) is 46.5 cm³/mol. The van der Waals surface area contributed by atoms with Gasteiger partial charge in [0, 0.05) is 0 Å². The van der Waals surface area contributed by atoms with Gasteiger partial charge in [0.2, 0.25) is 9.84 Å². The van der Waals surface area contributed by atoms with Crippen LogP contribution in [0.1, 0.15) is 13.8 Å². The van der Waals surface area contributed by atoms with Crippen LogP contribution < -0.4 is 0 Å². The standard InChI is InChI=1S/C6H8BrNO3S/c1-4(2)12(9,10)6-8-3-5(7)11-6/h3-4H,1-2H3. The fourth-order valence-corrected chi connectivity index (χ4v) is 1.74. The molecule has 1 heterocycles. The molecule has 1 aromatic rings. The molecule has 0 aliphatic heterocycles. The van der Waals surface area contributed by atoms with Crippen molar-refractivity contribution in [1.29, 1.82) is 0 Å². The van der Waals surface area contributed by atoms with Gasteiger partial charge in [-0.05, 0) is 29.8 Å². The zero-order valence-electron chi connectivity index (χ0n) is 6.61. The molecule has 0 aliphatic rings. The zero-order chi connectivity index (χ0) is 9.35. The number of oxazole rings is 1. The van der Waals surface area contributed by atoms with Gasteiger partial charge in [0.15, 0.2) is 4.67 Å². The van der Waals surface area contributed by atoms with Gasteiger partial charge in [-0.25, -0.2) is 13.4 Å². The van der Waals surface area contributed by atoms with Gasteiger partial charge in [0.25, 0.3) is 0 Å². The molecule has 0 aliphatic carbocycles. The fraction of sp³-hybridized carbons (Fsp3) is 0.500. The van der Waals surface area contributed by atoms with E-state index in [1.54, 1.807) is 13.8 Å². The summed E-state index contributed by atoms with van der Waals surface area (Å²) in [6, 6.07) is 0. The van der Waals surface area contributed by atoms with Crippen molar-refractivity contribution in [2.45, 2.75) is 24.3 Å². The van der Waals surface area contributed by atoms with Crippen LogP contribution in [0.5, 0.6) is 0 Å². The lowest BCUT2D eigenvalue weighted by atomic mass is 10.6. The average molecular weight is 254 g/mol. The van der Waals surface area contributed by atoms with Gasteiger partial charge < -0.3 is 4.42 Å². The van der Waals surface area contributed by atoms with Crippen LogP contribution in [0.25, 0.3) is 0 Å². The number of hydrogen-bond acceptors (Lipinski definition) is 4. The van der Waals surface area contributed by atoms with Crippen molar-refractivity contribution >= 4 is 25.8 Å². The summed E-state index contributed by atoms with van der Waals surface area (Å²) in [7, 11) is -3.36. The Bertz CT molecular complexity index is 368. The number of nitrogens with zero attached hydrogens (tertiary/aromatic N) is 1. The van der Waals surface area contributed by atoms with Crippen LogP contribution in [0.3, 0.4) is 0 Å². The summed E-state index contributed by atoms with van der Waals surface area (Å²) in [4.78, 5) is 3.61. The second kappa shape index (κ2) is 3.18. The summed E-state index contributed by atoms with van der Waals surface area (Å²) in [6.07, 6.45) is 1.31. The van der Waals surface area contributed by atoms with Gasteiger partial charge in [0.05, 0.1) is 11.4 Å². The Balaban J connectivity index is 3.15. The molecule has 0 bridgehead atoms. The van der Waals surface area contributed by atoms with E-state index in [2.05, 4.69) is 20.9 Å². The SMILES string of the molecule is CC(C)S(=O)(=O)c1ncc(Br)o1. The van der Waals surface area contributed by atoms with Crippen LogP contribution in [0.2, 0.25) is 0 Å². The number of hydrogen-bond donors (Lipinski definition) is 0.